The van der Waals surface area contributed by atoms with Crippen LogP contribution < -0.4 is 15.6 Å². The van der Waals surface area contributed by atoms with Gasteiger partial charge < -0.3 is 14.5 Å². The molecule has 0 aliphatic heterocycles. The summed E-state index contributed by atoms with van der Waals surface area (Å²) in [5, 5.41) is 7.73. The number of ether oxygens (including phenoxy) is 1. The van der Waals surface area contributed by atoms with Gasteiger partial charge in [0, 0.05) is 12.2 Å². The zero-order valence-electron chi connectivity index (χ0n) is 18.7. The van der Waals surface area contributed by atoms with Crippen molar-refractivity contribution in [1.82, 2.24) is 19.3 Å². The van der Waals surface area contributed by atoms with Gasteiger partial charge >= 0.3 is 0 Å². The molecule has 0 spiro atoms. The van der Waals surface area contributed by atoms with Crippen LogP contribution in [-0.2, 0) is 17.9 Å². The van der Waals surface area contributed by atoms with Crippen LogP contribution in [0.5, 0.6) is 5.75 Å². The van der Waals surface area contributed by atoms with Gasteiger partial charge in [-0.3, -0.25) is 18.8 Å². The fraction of sp³-hybridized carbons (Fsp3) is 0.304. The number of carbonyl (C=O) groups excluding carboxylic acids is 1. The molecule has 10 heteroatoms. The van der Waals surface area contributed by atoms with E-state index in [1.54, 1.807) is 47.3 Å². The molecule has 0 saturated carbocycles. The van der Waals surface area contributed by atoms with Crippen LogP contribution in [0.3, 0.4) is 0 Å². The number of nitrogens with one attached hydrogen (secondary N) is 1. The summed E-state index contributed by atoms with van der Waals surface area (Å²) in [4.78, 5) is 30.7. The second-order valence-corrected chi connectivity index (χ2v) is 8.20. The summed E-state index contributed by atoms with van der Waals surface area (Å²) in [6.07, 6.45) is 1.56. The normalized spacial score (nSPS) is 11.1. The summed E-state index contributed by atoms with van der Waals surface area (Å²) < 4.78 is 14.1. The third-order valence-electron chi connectivity index (χ3n) is 4.96. The first-order chi connectivity index (χ1) is 16.0. The summed E-state index contributed by atoms with van der Waals surface area (Å²) in [5.74, 6) is 1.25. The largest absolute Gasteiger partial charge is 0.494 e. The lowest BCUT2D eigenvalue weighted by molar-refractivity contribution is -0.113. The SMILES string of the molecule is CCOc1ccc(NC(=O)CSc2nc3c(C)nn(CC)c3c(=O)n2Cc2ccco2)cc1. The number of carbonyl (C=O) groups is 1. The van der Waals surface area contributed by atoms with Crippen LogP contribution >= 0.6 is 11.8 Å². The number of hydrogen-bond acceptors (Lipinski definition) is 7. The van der Waals surface area contributed by atoms with E-state index in [9.17, 15) is 9.59 Å². The van der Waals surface area contributed by atoms with E-state index in [0.717, 1.165) is 5.75 Å². The monoisotopic (exact) mass is 467 g/mol. The van der Waals surface area contributed by atoms with Crippen LogP contribution in [0.4, 0.5) is 5.69 Å². The summed E-state index contributed by atoms with van der Waals surface area (Å²) >= 11 is 1.20. The molecule has 0 saturated heterocycles. The van der Waals surface area contributed by atoms with Crippen LogP contribution in [0.15, 0.2) is 57.0 Å². The van der Waals surface area contributed by atoms with Gasteiger partial charge in [0.2, 0.25) is 5.91 Å². The minimum atomic E-state index is -0.215. The molecular weight excluding hydrogens is 442 g/mol. The molecular formula is C23H25N5O4S. The van der Waals surface area contributed by atoms with E-state index in [2.05, 4.69) is 10.4 Å². The first-order valence-electron chi connectivity index (χ1n) is 10.7. The molecule has 4 rings (SSSR count). The van der Waals surface area contributed by atoms with Crippen molar-refractivity contribution < 1.29 is 13.9 Å². The average Bonchev–Trinajstić information content (AvgIpc) is 3.43. The molecule has 4 aromatic rings. The van der Waals surface area contributed by atoms with Gasteiger partial charge in [0.05, 0.1) is 30.9 Å². The van der Waals surface area contributed by atoms with Crippen molar-refractivity contribution in [3.05, 3.63) is 64.5 Å². The van der Waals surface area contributed by atoms with Gasteiger partial charge in [0.1, 0.15) is 17.0 Å². The van der Waals surface area contributed by atoms with Gasteiger partial charge in [-0.05, 0) is 57.2 Å². The Morgan fingerprint density at radius 1 is 1.21 bits per heavy atom. The van der Waals surface area contributed by atoms with E-state index in [4.69, 9.17) is 14.1 Å². The van der Waals surface area contributed by atoms with E-state index in [1.807, 2.05) is 20.8 Å². The molecule has 172 valence electrons. The van der Waals surface area contributed by atoms with Crippen molar-refractivity contribution in [2.24, 2.45) is 0 Å². The number of fused-ring (bicyclic) bond motifs is 1. The molecule has 3 aromatic heterocycles. The van der Waals surface area contributed by atoms with Gasteiger partial charge in [-0.1, -0.05) is 11.8 Å². The number of hydrogen-bond donors (Lipinski definition) is 1. The molecule has 1 aromatic carbocycles. The van der Waals surface area contributed by atoms with Crippen molar-refractivity contribution in [3.8, 4) is 5.75 Å². The molecule has 33 heavy (non-hydrogen) atoms. The third-order valence-corrected chi connectivity index (χ3v) is 5.93. The molecule has 0 atom stereocenters. The number of rotatable bonds is 9. The predicted octanol–water partition coefficient (Wildman–Crippen LogP) is 3.69. The van der Waals surface area contributed by atoms with Gasteiger partial charge in [0.15, 0.2) is 10.7 Å². The minimum absolute atomic E-state index is 0.0876. The maximum absolute atomic E-state index is 13.4. The Hall–Kier alpha value is -3.53. The number of benzene rings is 1. The highest BCUT2D eigenvalue weighted by atomic mass is 32.2. The van der Waals surface area contributed by atoms with Gasteiger partial charge in [0.25, 0.3) is 5.56 Å². The van der Waals surface area contributed by atoms with Crippen molar-refractivity contribution in [2.45, 2.75) is 39.0 Å². The number of furan rings is 1. The molecule has 0 aliphatic carbocycles. The van der Waals surface area contributed by atoms with Gasteiger partial charge in [-0.25, -0.2) is 4.98 Å². The van der Waals surface area contributed by atoms with Crippen molar-refractivity contribution >= 4 is 34.4 Å². The maximum atomic E-state index is 13.4. The molecule has 0 aliphatic rings. The number of anilines is 1. The second kappa shape index (κ2) is 9.95. The Bertz CT molecular complexity index is 1310. The Balaban J connectivity index is 1.58. The van der Waals surface area contributed by atoms with E-state index < -0.39 is 0 Å². The number of aromatic nitrogens is 4. The summed E-state index contributed by atoms with van der Waals surface area (Å²) in [5.41, 5.74) is 2.13. The van der Waals surface area contributed by atoms with Crippen LogP contribution in [0.2, 0.25) is 0 Å². The molecule has 3 heterocycles. The number of aryl methyl sites for hydroxylation is 2. The van der Waals surface area contributed by atoms with Crippen molar-refractivity contribution in [1.29, 1.82) is 0 Å². The van der Waals surface area contributed by atoms with Crippen molar-refractivity contribution in [3.63, 3.8) is 0 Å². The van der Waals surface area contributed by atoms with E-state index >= 15 is 0 Å². The standard InChI is InChI=1S/C23H25N5O4S/c1-4-28-21-20(15(3)26-28)25-23(27(22(21)30)13-18-7-6-12-32-18)33-14-19(29)24-16-8-10-17(11-9-16)31-5-2/h6-12H,4-5,13-14H2,1-3H3,(H,24,29). The third kappa shape index (κ3) is 4.95. The maximum Gasteiger partial charge on any atom is 0.280 e. The average molecular weight is 468 g/mol. The van der Waals surface area contributed by atoms with E-state index in [1.165, 1.54) is 16.3 Å². The topological polar surface area (TPSA) is 104 Å². The highest BCUT2D eigenvalue weighted by molar-refractivity contribution is 7.99. The number of thioether (sulfide) groups is 1. The molecule has 0 radical (unpaired) electrons. The highest BCUT2D eigenvalue weighted by Crippen LogP contribution is 2.22. The zero-order valence-corrected chi connectivity index (χ0v) is 19.5. The highest BCUT2D eigenvalue weighted by Gasteiger charge is 2.19. The molecule has 1 amide bonds. The van der Waals surface area contributed by atoms with Crippen LogP contribution in [-0.4, -0.2) is 37.6 Å². The second-order valence-electron chi connectivity index (χ2n) is 7.26. The lowest BCUT2D eigenvalue weighted by Gasteiger charge is -2.12. The molecule has 1 N–H and O–H groups in total. The number of nitrogens with zero attached hydrogens (tertiary/aromatic N) is 4. The fourth-order valence-electron chi connectivity index (χ4n) is 3.45. The smallest absolute Gasteiger partial charge is 0.280 e. The summed E-state index contributed by atoms with van der Waals surface area (Å²) in [6.45, 7) is 7.01. The number of amides is 1. The van der Waals surface area contributed by atoms with Crippen LogP contribution in [0.1, 0.15) is 25.3 Å². The van der Waals surface area contributed by atoms with Gasteiger partial charge in [-0.2, -0.15) is 5.10 Å². The first kappa shape index (κ1) is 22.7. The van der Waals surface area contributed by atoms with Gasteiger partial charge in [-0.15, -0.1) is 0 Å². The zero-order chi connectivity index (χ0) is 23.4. The van der Waals surface area contributed by atoms with Crippen LogP contribution in [0, 0.1) is 6.92 Å². The Labute approximate surface area is 194 Å². The molecule has 0 bridgehead atoms. The van der Waals surface area contributed by atoms with E-state index in [0.29, 0.717) is 46.5 Å². The Morgan fingerprint density at radius 3 is 2.67 bits per heavy atom. The molecule has 9 nitrogen and oxygen atoms in total. The summed E-state index contributed by atoms with van der Waals surface area (Å²) in [6, 6.07) is 10.7. The molecule has 0 fully saturated rings. The first-order valence-corrected chi connectivity index (χ1v) is 11.6. The van der Waals surface area contributed by atoms with Crippen LogP contribution in [0.25, 0.3) is 11.0 Å². The lowest BCUT2D eigenvalue weighted by atomic mass is 10.3. The van der Waals surface area contributed by atoms with E-state index in [-0.39, 0.29) is 23.8 Å². The molecule has 0 unspecified atom stereocenters. The fourth-order valence-corrected chi connectivity index (χ4v) is 4.24. The Morgan fingerprint density at radius 2 is 2.00 bits per heavy atom. The quantitative estimate of drug-likeness (QED) is 0.296. The Kier molecular flexibility index (Phi) is 6.83. The minimum Gasteiger partial charge on any atom is -0.494 e. The summed E-state index contributed by atoms with van der Waals surface area (Å²) in [7, 11) is 0. The lowest BCUT2D eigenvalue weighted by Crippen LogP contribution is -2.26. The van der Waals surface area contributed by atoms with Crippen molar-refractivity contribution in [2.75, 3.05) is 17.7 Å². The predicted molar refractivity (Wildman–Crippen MR) is 127 cm³/mol.